The van der Waals surface area contributed by atoms with Crippen molar-refractivity contribution in [2.45, 2.75) is 39.0 Å². The van der Waals surface area contributed by atoms with Crippen LogP contribution < -0.4 is 10.2 Å². The quantitative estimate of drug-likeness (QED) is 0.873. The van der Waals surface area contributed by atoms with Gasteiger partial charge in [0.2, 0.25) is 0 Å². The Hall–Kier alpha value is -1.16. The van der Waals surface area contributed by atoms with Gasteiger partial charge in [-0.15, -0.1) is 0 Å². The van der Waals surface area contributed by atoms with E-state index in [2.05, 4.69) is 17.1 Å². The van der Waals surface area contributed by atoms with Crippen molar-refractivity contribution in [2.24, 2.45) is 0 Å². The van der Waals surface area contributed by atoms with Crippen LogP contribution in [-0.4, -0.2) is 36.1 Å². The zero-order valence-corrected chi connectivity index (χ0v) is 11.2. The second-order valence-electron chi connectivity index (χ2n) is 5.23. The molecule has 0 spiro atoms. The van der Waals surface area contributed by atoms with E-state index in [1.165, 1.54) is 29.9 Å². The molecule has 1 saturated heterocycles. The second-order valence-corrected chi connectivity index (χ2v) is 5.23. The van der Waals surface area contributed by atoms with Gasteiger partial charge in [0.15, 0.2) is 0 Å². The number of aromatic nitrogens is 2. The first-order chi connectivity index (χ1) is 8.88. The van der Waals surface area contributed by atoms with E-state index < -0.39 is 0 Å². The normalized spacial score (nSPS) is 19.1. The van der Waals surface area contributed by atoms with Gasteiger partial charge in [0.05, 0.1) is 0 Å². The fourth-order valence-corrected chi connectivity index (χ4v) is 2.94. The first-order valence-electron chi connectivity index (χ1n) is 7.23. The highest BCUT2D eigenvalue weighted by Gasteiger charge is 2.23. The van der Waals surface area contributed by atoms with E-state index in [-0.39, 0.29) is 0 Å². The Morgan fingerprint density at radius 3 is 2.78 bits per heavy atom. The summed E-state index contributed by atoms with van der Waals surface area (Å²) in [4.78, 5) is 12.0. The monoisotopic (exact) mass is 246 g/mol. The molecule has 0 bridgehead atoms. The van der Waals surface area contributed by atoms with Crippen LogP contribution in [0.2, 0.25) is 0 Å². The molecular formula is C14H22N4. The predicted molar refractivity (Wildman–Crippen MR) is 73.1 cm³/mol. The minimum absolute atomic E-state index is 1.01. The van der Waals surface area contributed by atoms with Gasteiger partial charge in [-0.2, -0.15) is 0 Å². The first-order valence-corrected chi connectivity index (χ1v) is 7.23. The molecule has 0 saturated carbocycles. The summed E-state index contributed by atoms with van der Waals surface area (Å²) in [6.45, 7) is 6.49. The Morgan fingerprint density at radius 2 is 2.00 bits per heavy atom. The highest BCUT2D eigenvalue weighted by molar-refractivity contribution is 5.51. The molecule has 0 unspecified atom stereocenters. The van der Waals surface area contributed by atoms with Gasteiger partial charge in [-0.1, -0.05) is 6.92 Å². The molecule has 0 aromatic carbocycles. The summed E-state index contributed by atoms with van der Waals surface area (Å²) in [5.41, 5.74) is 2.75. The summed E-state index contributed by atoms with van der Waals surface area (Å²) in [7, 11) is 0. The van der Waals surface area contributed by atoms with E-state index in [9.17, 15) is 0 Å². The number of fused-ring (bicyclic) bond motifs is 1. The van der Waals surface area contributed by atoms with E-state index in [0.29, 0.717) is 0 Å². The van der Waals surface area contributed by atoms with Gasteiger partial charge in [0.1, 0.15) is 11.6 Å². The van der Waals surface area contributed by atoms with Crippen LogP contribution in [0.4, 0.5) is 5.82 Å². The fourth-order valence-electron chi connectivity index (χ4n) is 2.94. The van der Waals surface area contributed by atoms with E-state index in [1.807, 2.05) is 0 Å². The van der Waals surface area contributed by atoms with E-state index in [0.717, 1.165) is 51.3 Å². The molecule has 1 aliphatic heterocycles. The maximum atomic E-state index is 4.84. The average molecular weight is 246 g/mol. The lowest BCUT2D eigenvalue weighted by molar-refractivity contribution is 0.581. The Morgan fingerprint density at radius 1 is 1.17 bits per heavy atom. The Balaban J connectivity index is 1.95. The summed E-state index contributed by atoms with van der Waals surface area (Å²) >= 11 is 0. The van der Waals surface area contributed by atoms with Crippen LogP contribution in [-0.2, 0) is 19.3 Å². The zero-order valence-electron chi connectivity index (χ0n) is 11.2. The Bertz CT molecular complexity index is 424. The smallest absolute Gasteiger partial charge is 0.135 e. The molecule has 4 heteroatoms. The number of nitrogens with one attached hydrogen (secondary N) is 1. The van der Waals surface area contributed by atoms with Gasteiger partial charge >= 0.3 is 0 Å². The van der Waals surface area contributed by atoms with Crippen molar-refractivity contribution in [1.82, 2.24) is 15.3 Å². The molecule has 1 aliphatic carbocycles. The van der Waals surface area contributed by atoms with Gasteiger partial charge in [-0.05, 0) is 25.7 Å². The van der Waals surface area contributed by atoms with Crippen molar-refractivity contribution in [1.29, 1.82) is 0 Å². The van der Waals surface area contributed by atoms with Crippen molar-refractivity contribution >= 4 is 5.82 Å². The fraction of sp³-hybridized carbons (Fsp3) is 0.714. The summed E-state index contributed by atoms with van der Waals surface area (Å²) in [6.07, 6.45) is 5.69. The average Bonchev–Trinajstić information content (AvgIpc) is 2.87. The number of hydrogen-bond acceptors (Lipinski definition) is 4. The largest absolute Gasteiger partial charge is 0.354 e. The molecule has 0 amide bonds. The summed E-state index contributed by atoms with van der Waals surface area (Å²) < 4.78 is 0. The third kappa shape index (κ3) is 2.21. The number of anilines is 1. The molecule has 2 aliphatic rings. The maximum absolute atomic E-state index is 4.84. The predicted octanol–water partition coefficient (Wildman–Crippen LogP) is 1.33. The molecule has 18 heavy (non-hydrogen) atoms. The maximum Gasteiger partial charge on any atom is 0.135 e. The third-order valence-electron chi connectivity index (χ3n) is 3.85. The molecule has 1 aromatic rings. The molecule has 1 N–H and O–H groups in total. The van der Waals surface area contributed by atoms with Crippen LogP contribution in [0.5, 0.6) is 0 Å². The van der Waals surface area contributed by atoms with Crippen molar-refractivity contribution < 1.29 is 0 Å². The summed E-state index contributed by atoms with van der Waals surface area (Å²) in [5.74, 6) is 2.29. The van der Waals surface area contributed by atoms with Crippen LogP contribution in [0.1, 0.15) is 36.8 Å². The number of nitrogens with zero attached hydrogens (tertiary/aromatic N) is 3. The van der Waals surface area contributed by atoms with Gasteiger partial charge in [0.25, 0.3) is 0 Å². The highest BCUT2D eigenvalue weighted by Crippen LogP contribution is 2.29. The summed E-state index contributed by atoms with van der Waals surface area (Å²) in [6, 6.07) is 0. The van der Waals surface area contributed by atoms with Crippen molar-refractivity contribution in [3.63, 3.8) is 0 Å². The molecular weight excluding hydrogens is 224 g/mol. The number of rotatable bonds is 3. The molecule has 1 fully saturated rings. The van der Waals surface area contributed by atoms with Crippen LogP contribution in [0.25, 0.3) is 0 Å². The molecule has 0 atom stereocenters. The van der Waals surface area contributed by atoms with Crippen molar-refractivity contribution in [2.75, 3.05) is 31.1 Å². The lowest BCUT2D eigenvalue weighted by Gasteiger charge is -2.30. The van der Waals surface area contributed by atoms with Crippen molar-refractivity contribution in [3.8, 4) is 0 Å². The summed E-state index contributed by atoms with van der Waals surface area (Å²) in [5, 5.41) is 3.41. The van der Waals surface area contributed by atoms with Gasteiger partial charge in [-0.3, -0.25) is 0 Å². The van der Waals surface area contributed by atoms with Crippen LogP contribution in [0.15, 0.2) is 0 Å². The molecule has 98 valence electrons. The van der Waals surface area contributed by atoms with Crippen LogP contribution in [0.3, 0.4) is 0 Å². The molecule has 4 nitrogen and oxygen atoms in total. The van der Waals surface area contributed by atoms with Crippen molar-refractivity contribution in [3.05, 3.63) is 17.1 Å². The second kappa shape index (κ2) is 5.22. The number of aryl methyl sites for hydroxylation is 2. The molecule has 3 rings (SSSR count). The van der Waals surface area contributed by atoms with Gasteiger partial charge in [-0.25, -0.2) is 9.97 Å². The number of piperazine rings is 1. The van der Waals surface area contributed by atoms with E-state index in [1.54, 1.807) is 0 Å². The minimum atomic E-state index is 1.01. The lowest BCUT2D eigenvalue weighted by Crippen LogP contribution is -2.44. The lowest BCUT2D eigenvalue weighted by atomic mass is 10.2. The third-order valence-corrected chi connectivity index (χ3v) is 3.85. The van der Waals surface area contributed by atoms with Crippen LogP contribution >= 0.6 is 0 Å². The van der Waals surface area contributed by atoms with E-state index in [4.69, 9.17) is 9.97 Å². The topological polar surface area (TPSA) is 41.1 Å². The van der Waals surface area contributed by atoms with Gasteiger partial charge in [0, 0.05) is 43.9 Å². The zero-order chi connectivity index (χ0) is 12.4. The number of hydrogen-bond donors (Lipinski definition) is 1. The SMILES string of the molecule is CCCc1nc2c(c(N3CCNCC3)n1)CCC2. The van der Waals surface area contributed by atoms with Gasteiger partial charge < -0.3 is 10.2 Å². The highest BCUT2D eigenvalue weighted by atomic mass is 15.2. The molecule has 1 aromatic heterocycles. The van der Waals surface area contributed by atoms with Crippen LogP contribution in [0, 0.1) is 0 Å². The Labute approximate surface area is 109 Å². The molecule has 0 radical (unpaired) electrons. The minimum Gasteiger partial charge on any atom is -0.354 e. The first kappa shape index (κ1) is 11.9. The van der Waals surface area contributed by atoms with E-state index >= 15 is 0 Å². The Kier molecular flexibility index (Phi) is 3.46. The standard InChI is InChI=1S/C14H22N4/c1-2-4-13-16-12-6-3-5-11(12)14(17-13)18-9-7-15-8-10-18/h15H,2-10H2,1H3. The molecule has 2 heterocycles.